The molecule has 2 rings (SSSR count). The molecule has 1 aromatic rings. The lowest BCUT2D eigenvalue weighted by atomic mass is 9.88. The molecule has 1 aliphatic carbocycles. The highest BCUT2D eigenvalue weighted by atomic mass is 19.4. The van der Waals surface area contributed by atoms with E-state index in [9.17, 15) is 22.7 Å². The Morgan fingerprint density at radius 2 is 1.89 bits per heavy atom. The Labute approximate surface area is 101 Å². The number of halogens is 4. The van der Waals surface area contributed by atoms with Crippen LogP contribution in [0, 0.1) is 11.7 Å². The van der Waals surface area contributed by atoms with Gasteiger partial charge in [0.05, 0.1) is 5.56 Å². The highest BCUT2D eigenvalue weighted by Gasteiger charge is 2.45. The minimum Gasteiger partial charge on any atom is -0.384 e. The number of hydrogen-bond acceptors (Lipinski definition) is 2. The Morgan fingerprint density at radius 1 is 1.28 bits per heavy atom. The first-order valence-corrected chi connectivity index (χ1v) is 5.58. The van der Waals surface area contributed by atoms with E-state index in [-0.39, 0.29) is 18.0 Å². The van der Waals surface area contributed by atoms with Crippen LogP contribution in [0.4, 0.5) is 17.6 Å². The fourth-order valence-electron chi connectivity index (χ4n) is 2.10. The van der Waals surface area contributed by atoms with Crippen molar-refractivity contribution < 1.29 is 22.7 Å². The number of nitrogens with two attached hydrogens (primary N) is 1. The van der Waals surface area contributed by atoms with Crippen molar-refractivity contribution in [1.82, 2.24) is 0 Å². The third-order valence-corrected chi connectivity index (χ3v) is 3.34. The van der Waals surface area contributed by atoms with Crippen LogP contribution < -0.4 is 5.73 Å². The number of alkyl halides is 3. The third kappa shape index (κ3) is 2.22. The summed E-state index contributed by atoms with van der Waals surface area (Å²) in [5.74, 6) is -1.48. The third-order valence-electron chi connectivity index (χ3n) is 3.34. The summed E-state index contributed by atoms with van der Waals surface area (Å²) in [5.41, 5.74) is 2.81. The van der Waals surface area contributed by atoms with E-state index < -0.39 is 23.2 Å². The standard InChI is InChI=1S/C12H13F4NO/c13-10-5-8(3-4-9(10)12(14,15)16)11(18,6-17)7-1-2-7/h3-5,7,18H,1-2,6,17H2. The summed E-state index contributed by atoms with van der Waals surface area (Å²) in [7, 11) is 0. The Hall–Kier alpha value is -1.14. The normalized spacial score (nSPS) is 19.7. The van der Waals surface area contributed by atoms with E-state index in [1.165, 1.54) is 0 Å². The molecule has 0 bridgehead atoms. The van der Waals surface area contributed by atoms with Gasteiger partial charge in [-0.05, 0) is 36.5 Å². The summed E-state index contributed by atoms with van der Waals surface area (Å²) in [4.78, 5) is 0. The van der Waals surface area contributed by atoms with Gasteiger partial charge < -0.3 is 10.8 Å². The van der Waals surface area contributed by atoms with Gasteiger partial charge in [-0.3, -0.25) is 0 Å². The second-order valence-corrected chi connectivity index (χ2v) is 4.60. The van der Waals surface area contributed by atoms with Crippen molar-refractivity contribution in [3.63, 3.8) is 0 Å². The van der Waals surface area contributed by atoms with Crippen LogP contribution in [0.1, 0.15) is 24.0 Å². The quantitative estimate of drug-likeness (QED) is 0.822. The second-order valence-electron chi connectivity index (χ2n) is 4.60. The molecule has 100 valence electrons. The van der Waals surface area contributed by atoms with Crippen molar-refractivity contribution in [2.75, 3.05) is 6.54 Å². The molecule has 0 spiro atoms. The molecule has 18 heavy (non-hydrogen) atoms. The summed E-state index contributed by atoms with van der Waals surface area (Å²) in [6.45, 7) is -0.136. The maximum absolute atomic E-state index is 13.4. The number of rotatable bonds is 3. The topological polar surface area (TPSA) is 46.2 Å². The maximum atomic E-state index is 13.4. The molecule has 6 heteroatoms. The van der Waals surface area contributed by atoms with E-state index in [4.69, 9.17) is 5.73 Å². The number of hydrogen-bond donors (Lipinski definition) is 2. The van der Waals surface area contributed by atoms with Gasteiger partial charge in [-0.25, -0.2) is 4.39 Å². The Bertz CT molecular complexity index is 456. The van der Waals surface area contributed by atoms with Gasteiger partial charge in [0.25, 0.3) is 0 Å². The van der Waals surface area contributed by atoms with Crippen LogP contribution in [0.2, 0.25) is 0 Å². The molecule has 0 heterocycles. The summed E-state index contributed by atoms with van der Waals surface area (Å²) in [5, 5.41) is 10.3. The van der Waals surface area contributed by atoms with Crippen LogP contribution in [0.25, 0.3) is 0 Å². The number of benzene rings is 1. The van der Waals surface area contributed by atoms with Crippen LogP contribution in [-0.4, -0.2) is 11.7 Å². The average Bonchev–Trinajstić information content (AvgIpc) is 3.10. The zero-order valence-corrected chi connectivity index (χ0v) is 9.47. The highest BCUT2D eigenvalue weighted by molar-refractivity contribution is 5.32. The van der Waals surface area contributed by atoms with Crippen LogP contribution in [-0.2, 0) is 11.8 Å². The fraction of sp³-hybridized carbons (Fsp3) is 0.500. The lowest BCUT2D eigenvalue weighted by Crippen LogP contribution is -2.37. The molecule has 0 aliphatic heterocycles. The van der Waals surface area contributed by atoms with Crippen molar-refractivity contribution in [3.05, 3.63) is 35.1 Å². The Kier molecular flexibility index (Phi) is 3.11. The first-order valence-electron chi connectivity index (χ1n) is 5.58. The second kappa shape index (κ2) is 4.20. The predicted molar refractivity (Wildman–Crippen MR) is 57.1 cm³/mol. The van der Waals surface area contributed by atoms with Gasteiger partial charge in [-0.15, -0.1) is 0 Å². The molecule has 1 aliphatic rings. The maximum Gasteiger partial charge on any atom is 0.419 e. The molecule has 0 radical (unpaired) electrons. The van der Waals surface area contributed by atoms with Crippen molar-refractivity contribution in [2.24, 2.45) is 11.7 Å². The lowest BCUT2D eigenvalue weighted by Gasteiger charge is -2.27. The van der Waals surface area contributed by atoms with Gasteiger partial charge in [-0.2, -0.15) is 13.2 Å². The van der Waals surface area contributed by atoms with Gasteiger partial charge >= 0.3 is 6.18 Å². The summed E-state index contributed by atoms with van der Waals surface area (Å²) < 4.78 is 50.6. The van der Waals surface area contributed by atoms with Crippen LogP contribution in [0.3, 0.4) is 0 Å². The smallest absolute Gasteiger partial charge is 0.384 e. The molecule has 1 fully saturated rings. The summed E-state index contributed by atoms with van der Waals surface area (Å²) >= 11 is 0. The minimum atomic E-state index is -4.73. The zero-order valence-electron chi connectivity index (χ0n) is 9.47. The molecule has 1 saturated carbocycles. The van der Waals surface area contributed by atoms with E-state index >= 15 is 0 Å². The van der Waals surface area contributed by atoms with Crippen LogP contribution in [0.5, 0.6) is 0 Å². The van der Waals surface area contributed by atoms with E-state index in [0.717, 1.165) is 25.0 Å². The summed E-state index contributed by atoms with van der Waals surface area (Å²) in [6, 6.07) is 2.47. The van der Waals surface area contributed by atoms with Crippen LogP contribution >= 0.6 is 0 Å². The molecule has 1 unspecified atom stereocenters. The molecule has 0 amide bonds. The van der Waals surface area contributed by atoms with Crippen molar-refractivity contribution in [1.29, 1.82) is 0 Å². The SMILES string of the molecule is NCC(O)(c1ccc(C(F)(F)F)c(F)c1)C1CC1. The van der Waals surface area contributed by atoms with E-state index in [0.29, 0.717) is 6.07 Å². The monoisotopic (exact) mass is 263 g/mol. The van der Waals surface area contributed by atoms with E-state index in [2.05, 4.69) is 0 Å². The predicted octanol–water partition coefficient (Wildman–Crippen LogP) is 2.40. The van der Waals surface area contributed by atoms with E-state index in [1.807, 2.05) is 0 Å². The van der Waals surface area contributed by atoms with Gasteiger partial charge in [0.2, 0.25) is 0 Å². The van der Waals surface area contributed by atoms with Gasteiger partial charge in [0.15, 0.2) is 0 Å². The largest absolute Gasteiger partial charge is 0.419 e. The fourth-order valence-corrected chi connectivity index (χ4v) is 2.10. The average molecular weight is 263 g/mol. The van der Waals surface area contributed by atoms with Crippen molar-refractivity contribution >= 4 is 0 Å². The van der Waals surface area contributed by atoms with Crippen molar-refractivity contribution in [3.8, 4) is 0 Å². The molecule has 2 nitrogen and oxygen atoms in total. The molecule has 0 aromatic heterocycles. The highest BCUT2D eigenvalue weighted by Crippen LogP contribution is 2.45. The molecular formula is C12H13F4NO. The summed E-state index contributed by atoms with van der Waals surface area (Å²) in [6.07, 6.45) is -3.24. The first kappa shape index (κ1) is 13.3. The Morgan fingerprint density at radius 3 is 2.28 bits per heavy atom. The van der Waals surface area contributed by atoms with E-state index in [1.54, 1.807) is 0 Å². The van der Waals surface area contributed by atoms with Gasteiger partial charge in [-0.1, -0.05) is 6.07 Å². The zero-order chi connectivity index (χ0) is 13.6. The minimum absolute atomic E-state index is 0.0985. The first-order chi connectivity index (χ1) is 8.29. The lowest BCUT2D eigenvalue weighted by molar-refractivity contribution is -0.140. The molecule has 1 aromatic carbocycles. The molecular weight excluding hydrogens is 250 g/mol. The van der Waals surface area contributed by atoms with Gasteiger partial charge in [0, 0.05) is 6.54 Å². The molecule has 1 atom stereocenters. The number of aliphatic hydroxyl groups is 1. The van der Waals surface area contributed by atoms with Crippen molar-refractivity contribution in [2.45, 2.75) is 24.6 Å². The Balaban J connectivity index is 2.39. The van der Waals surface area contributed by atoms with Gasteiger partial charge in [0.1, 0.15) is 11.4 Å². The molecule has 0 saturated heterocycles. The van der Waals surface area contributed by atoms with Crippen LogP contribution in [0.15, 0.2) is 18.2 Å². The molecule has 3 N–H and O–H groups in total.